The average molecular weight is 461 g/mol. The molecule has 1 aromatic rings. The van der Waals surface area contributed by atoms with Gasteiger partial charge in [-0.05, 0) is 31.9 Å². The summed E-state index contributed by atoms with van der Waals surface area (Å²) < 4.78 is 41.7. The van der Waals surface area contributed by atoms with E-state index in [1.807, 2.05) is 0 Å². The van der Waals surface area contributed by atoms with E-state index < -0.39 is 30.7 Å². The van der Waals surface area contributed by atoms with Gasteiger partial charge in [-0.1, -0.05) is 31.4 Å². The fourth-order valence-electron chi connectivity index (χ4n) is 3.28. The van der Waals surface area contributed by atoms with Crippen molar-refractivity contribution in [1.29, 1.82) is 0 Å². The molecule has 1 aliphatic rings. The maximum atomic E-state index is 12.6. The van der Waals surface area contributed by atoms with E-state index >= 15 is 0 Å². The van der Waals surface area contributed by atoms with Crippen molar-refractivity contribution in [3.8, 4) is 0 Å². The molecule has 6 nitrogen and oxygen atoms in total. The summed E-state index contributed by atoms with van der Waals surface area (Å²) in [7, 11) is 1.79. The van der Waals surface area contributed by atoms with Crippen LogP contribution in [0.2, 0.25) is 0 Å². The lowest BCUT2D eigenvalue weighted by Crippen LogP contribution is -2.40. The monoisotopic (exact) mass is 460 g/mol. The van der Waals surface area contributed by atoms with Gasteiger partial charge in [0.05, 0.1) is 11.3 Å². The van der Waals surface area contributed by atoms with Gasteiger partial charge in [-0.3, -0.25) is 9.59 Å². The van der Waals surface area contributed by atoms with Gasteiger partial charge in [-0.25, -0.2) is 4.79 Å². The van der Waals surface area contributed by atoms with E-state index in [1.165, 1.54) is 31.2 Å². The highest BCUT2D eigenvalue weighted by atomic mass is 32.2. The number of esters is 1. The van der Waals surface area contributed by atoms with Crippen molar-refractivity contribution >= 4 is 29.5 Å². The van der Waals surface area contributed by atoms with Crippen molar-refractivity contribution in [2.75, 3.05) is 19.3 Å². The Labute approximate surface area is 183 Å². The summed E-state index contributed by atoms with van der Waals surface area (Å²) in [5.74, 6) is -1.79. The summed E-state index contributed by atoms with van der Waals surface area (Å²) in [4.78, 5) is 39.0. The topological polar surface area (TPSA) is 75.7 Å². The predicted molar refractivity (Wildman–Crippen MR) is 111 cm³/mol. The van der Waals surface area contributed by atoms with Crippen molar-refractivity contribution in [3.63, 3.8) is 0 Å². The van der Waals surface area contributed by atoms with Crippen molar-refractivity contribution < 1.29 is 32.3 Å². The first-order valence-corrected chi connectivity index (χ1v) is 11.1. The lowest BCUT2D eigenvalue weighted by molar-refractivity contribution is -0.143. The number of rotatable bonds is 8. The molecule has 0 bridgehead atoms. The molecular weight excluding hydrogens is 433 g/mol. The molecule has 10 heteroatoms. The van der Waals surface area contributed by atoms with Gasteiger partial charge in [-0.2, -0.15) is 13.2 Å². The molecule has 2 rings (SSSR count). The molecule has 0 spiro atoms. The van der Waals surface area contributed by atoms with Crippen molar-refractivity contribution in [1.82, 2.24) is 10.2 Å². The van der Waals surface area contributed by atoms with Crippen LogP contribution in [-0.2, 0) is 14.3 Å². The Hall–Kier alpha value is -2.23. The highest BCUT2D eigenvalue weighted by Crippen LogP contribution is 2.26. The first-order valence-electron chi connectivity index (χ1n) is 10.1. The molecule has 1 aliphatic carbocycles. The molecule has 1 saturated carbocycles. The summed E-state index contributed by atoms with van der Waals surface area (Å²) in [5.41, 5.74) is 0.149. The smallest absolute Gasteiger partial charge is 0.405 e. The minimum absolute atomic E-state index is 0.0417. The second kappa shape index (κ2) is 11.4. The lowest BCUT2D eigenvalue weighted by atomic mass is 9.94. The highest BCUT2D eigenvalue weighted by Gasteiger charge is 2.30. The van der Waals surface area contributed by atoms with Gasteiger partial charge in [0.1, 0.15) is 6.54 Å². The molecule has 31 heavy (non-hydrogen) atoms. The van der Waals surface area contributed by atoms with Gasteiger partial charge in [-0.15, -0.1) is 11.8 Å². The van der Waals surface area contributed by atoms with Crippen LogP contribution in [-0.4, -0.2) is 60.4 Å². The van der Waals surface area contributed by atoms with E-state index in [2.05, 4.69) is 0 Å². The van der Waals surface area contributed by atoms with E-state index in [-0.39, 0.29) is 23.3 Å². The predicted octanol–water partition coefficient (Wildman–Crippen LogP) is 3.79. The number of benzene rings is 1. The minimum atomic E-state index is -4.56. The number of thioether (sulfide) groups is 1. The van der Waals surface area contributed by atoms with Gasteiger partial charge in [0.25, 0.3) is 5.91 Å². The number of nitrogens with zero attached hydrogens (tertiary/aromatic N) is 1. The molecule has 1 fully saturated rings. The SMILES string of the molecule is C[C@@H](OC(=O)c1ccccc1SCC(=O)N(C)C1CCCCC1)C(=O)NCC(F)(F)F. The number of hydrogen-bond donors (Lipinski definition) is 1. The highest BCUT2D eigenvalue weighted by molar-refractivity contribution is 8.00. The van der Waals surface area contributed by atoms with Crippen LogP contribution in [0.25, 0.3) is 0 Å². The van der Waals surface area contributed by atoms with Crippen LogP contribution in [0.5, 0.6) is 0 Å². The van der Waals surface area contributed by atoms with Crippen LogP contribution < -0.4 is 5.32 Å². The van der Waals surface area contributed by atoms with Gasteiger partial charge in [0.15, 0.2) is 6.10 Å². The van der Waals surface area contributed by atoms with Crippen molar-refractivity contribution in [2.24, 2.45) is 0 Å². The second-order valence-electron chi connectivity index (χ2n) is 7.46. The molecule has 0 saturated heterocycles. The third-order valence-corrected chi connectivity index (χ3v) is 6.15. The molecule has 0 heterocycles. The number of carbonyl (C=O) groups is 3. The molecule has 1 atom stereocenters. The van der Waals surface area contributed by atoms with Gasteiger partial charge >= 0.3 is 12.1 Å². The zero-order valence-electron chi connectivity index (χ0n) is 17.5. The third-order valence-electron chi connectivity index (χ3n) is 5.09. The summed E-state index contributed by atoms with van der Waals surface area (Å²) >= 11 is 1.18. The van der Waals surface area contributed by atoms with Gasteiger partial charge in [0.2, 0.25) is 5.91 Å². The summed E-state index contributed by atoms with van der Waals surface area (Å²) in [6.45, 7) is -0.307. The van der Waals surface area contributed by atoms with E-state index in [1.54, 1.807) is 35.5 Å². The standard InChI is InChI=1S/C21H27F3N2O4S/c1-14(19(28)25-13-21(22,23)24)30-20(29)16-10-6-7-11-17(16)31-12-18(27)26(2)15-8-4-3-5-9-15/h6-7,10-11,14-15H,3-5,8-9,12-13H2,1-2H3,(H,25,28)/t14-/m1/s1. The fourth-order valence-corrected chi connectivity index (χ4v) is 4.25. The Balaban J connectivity index is 1.93. The van der Waals surface area contributed by atoms with E-state index in [4.69, 9.17) is 4.74 Å². The van der Waals surface area contributed by atoms with Crippen LogP contribution in [0.3, 0.4) is 0 Å². The molecule has 172 valence electrons. The van der Waals surface area contributed by atoms with Crippen LogP contribution in [0.4, 0.5) is 13.2 Å². The molecule has 1 aromatic carbocycles. The number of amides is 2. The maximum absolute atomic E-state index is 12.6. The fraction of sp³-hybridized carbons (Fsp3) is 0.571. The van der Waals surface area contributed by atoms with Crippen LogP contribution in [0.15, 0.2) is 29.2 Å². The van der Waals surface area contributed by atoms with E-state index in [9.17, 15) is 27.6 Å². The third kappa shape index (κ3) is 8.08. The second-order valence-corrected chi connectivity index (χ2v) is 8.48. The average Bonchev–Trinajstić information content (AvgIpc) is 2.75. The summed E-state index contributed by atoms with van der Waals surface area (Å²) in [6, 6.07) is 6.68. The minimum Gasteiger partial charge on any atom is -0.449 e. The Morgan fingerprint density at radius 3 is 2.48 bits per heavy atom. The van der Waals surface area contributed by atoms with Crippen LogP contribution in [0, 0.1) is 0 Å². The first-order chi connectivity index (χ1) is 14.6. The molecule has 0 aliphatic heterocycles. The van der Waals surface area contributed by atoms with Crippen LogP contribution in [0.1, 0.15) is 49.4 Å². The maximum Gasteiger partial charge on any atom is 0.405 e. The van der Waals surface area contributed by atoms with E-state index in [0.29, 0.717) is 4.90 Å². The van der Waals surface area contributed by atoms with E-state index in [0.717, 1.165) is 25.7 Å². The number of halogens is 3. The zero-order chi connectivity index (χ0) is 23.0. The van der Waals surface area contributed by atoms with Crippen molar-refractivity contribution in [3.05, 3.63) is 29.8 Å². The molecule has 0 aromatic heterocycles. The molecular formula is C21H27F3N2O4S. The number of hydrogen-bond acceptors (Lipinski definition) is 5. The van der Waals surface area contributed by atoms with Gasteiger partial charge in [0, 0.05) is 18.0 Å². The normalized spacial score (nSPS) is 15.8. The van der Waals surface area contributed by atoms with Gasteiger partial charge < -0.3 is 15.0 Å². The Kier molecular flexibility index (Phi) is 9.21. The zero-order valence-corrected chi connectivity index (χ0v) is 18.4. The Morgan fingerprint density at radius 2 is 1.84 bits per heavy atom. The molecule has 1 N–H and O–H groups in total. The Bertz CT molecular complexity index is 782. The lowest BCUT2D eigenvalue weighted by Gasteiger charge is -2.31. The number of ether oxygens (including phenoxy) is 1. The van der Waals surface area contributed by atoms with Crippen molar-refractivity contribution in [2.45, 2.75) is 62.2 Å². The summed E-state index contributed by atoms with van der Waals surface area (Å²) in [5, 5.41) is 1.68. The number of carbonyl (C=O) groups excluding carboxylic acids is 3. The van der Waals surface area contributed by atoms with Crippen LogP contribution >= 0.6 is 11.8 Å². The quantitative estimate of drug-likeness (QED) is 0.472. The molecule has 0 unspecified atom stereocenters. The number of alkyl halides is 3. The first kappa shape index (κ1) is 25.0. The summed E-state index contributed by atoms with van der Waals surface area (Å²) in [6.07, 6.45) is -0.562. The molecule has 0 radical (unpaired) electrons. The Morgan fingerprint density at radius 1 is 1.19 bits per heavy atom. The molecule has 2 amide bonds. The number of nitrogens with one attached hydrogen (secondary N) is 1. The largest absolute Gasteiger partial charge is 0.449 e.